The van der Waals surface area contributed by atoms with E-state index in [1.165, 1.54) is 0 Å². The molecule has 0 aliphatic carbocycles. The second kappa shape index (κ2) is 2.87. The number of hydrogen-bond donors (Lipinski definition) is 5. The molecule has 0 aromatic heterocycles. The molecule has 0 unspecified atom stereocenters. The lowest BCUT2D eigenvalue weighted by Crippen LogP contribution is -2.47. The van der Waals surface area contributed by atoms with Gasteiger partial charge in [-0.2, -0.15) is 0 Å². The van der Waals surface area contributed by atoms with E-state index in [1.807, 2.05) is 0 Å². The quantitative estimate of drug-likeness (QED) is 0.251. The van der Waals surface area contributed by atoms with E-state index in [9.17, 15) is 4.79 Å². The zero-order valence-electron chi connectivity index (χ0n) is 6.34. The van der Waals surface area contributed by atoms with Crippen LogP contribution in [0.25, 0.3) is 0 Å². The van der Waals surface area contributed by atoms with Gasteiger partial charge in [0, 0.05) is 0 Å². The number of esters is 1. The van der Waals surface area contributed by atoms with Crippen LogP contribution in [0.4, 0.5) is 0 Å². The topological polar surface area (TPSA) is 127 Å². The molecule has 0 saturated carbocycles. The Labute approximate surface area is 72.1 Å². The monoisotopic (exact) mass is 192 g/mol. The second-order valence-electron chi connectivity index (χ2n) is 2.56. The molecule has 0 spiro atoms. The molecule has 5 N–H and O–H groups in total. The summed E-state index contributed by atoms with van der Waals surface area (Å²) in [5.74, 6) is -6.18. The Bertz CT molecular complexity index is 266. The second-order valence-corrected chi connectivity index (χ2v) is 2.56. The molecule has 1 heterocycles. The number of aliphatic hydroxyl groups is 5. The Balaban J connectivity index is 2.94. The van der Waals surface area contributed by atoms with Gasteiger partial charge in [-0.15, -0.1) is 0 Å². The molecule has 7 nitrogen and oxygen atoms in total. The zero-order valence-corrected chi connectivity index (χ0v) is 6.34. The maximum atomic E-state index is 10.6. The molecular weight excluding hydrogens is 184 g/mol. The number of carbonyl (C=O) groups is 1. The molecule has 0 aromatic carbocycles. The van der Waals surface area contributed by atoms with Crippen molar-refractivity contribution in [3.63, 3.8) is 0 Å². The van der Waals surface area contributed by atoms with Crippen molar-refractivity contribution in [1.82, 2.24) is 0 Å². The van der Waals surface area contributed by atoms with Crippen LogP contribution in [0.1, 0.15) is 0 Å². The van der Waals surface area contributed by atoms with Crippen molar-refractivity contribution < 1.29 is 35.1 Å². The molecule has 0 aromatic rings. The van der Waals surface area contributed by atoms with E-state index in [0.717, 1.165) is 0 Å². The van der Waals surface area contributed by atoms with Crippen LogP contribution in [0, 0.1) is 0 Å². The maximum absolute atomic E-state index is 10.6. The summed E-state index contributed by atoms with van der Waals surface area (Å²) in [6.45, 7) is -1.15. The van der Waals surface area contributed by atoms with Crippen LogP contribution in [0.3, 0.4) is 0 Å². The van der Waals surface area contributed by atoms with Crippen molar-refractivity contribution in [2.75, 3.05) is 6.61 Å². The molecule has 1 aliphatic rings. The lowest BCUT2D eigenvalue weighted by atomic mass is 10.1. The first-order valence-electron chi connectivity index (χ1n) is 3.29. The average molecular weight is 192 g/mol. The lowest BCUT2D eigenvalue weighted by molar-refractivity contribution is -0.242. The van der Waals surface area contributed by atoms with Crippen LogP contribution in [-0.2, 0) is 9.53 Å². The van der Waals surface area contributed by atoms with Crippen LogP contribution < -0.4 is 0 Å². The normalized spacial score (nSPS) is 23.6. The fourth-order valence-electron chi connectivity index (χ4n) is 0.844. The summed E-state index contributed by atoms with van der Waals surface area (Å²) in [6, 6.07) is 0. The first-order chi connectivity index (χ1) is 5.90. The molecule has 1 atom stereocenters. The van der Waals surface area contributed by atoms with Crippen LogP contribution in [0.2, 0.25) is 0 Å². The molecule has 0 fully saturated rings. The van der Waals surface area contributed by atoms with Gasteiger partial charge in [0.25, 0.3) is 0 Å². The van der Waals surface area contributed by atoms with Gasteiger partial charge in [0.2, 0.25) is 17.7 Å². The highest BCUT2D eigenvalue weighted by Gasteiger charge is 2.47. The first-order valence-corrected chi connectivity index (χ1v) is 3.29. The van der Waals surface area contributed by atoms with Crippen LogP contribution >= 0.6 is 0 Å². The largest absolute Gasteiger partial charge is 0.505 e. The van der Waals surface area contributed by atoms with Crippen LogP contribution in [0.5, 0.6) is 0 Å². The number of rotatable bonds is 2. The van der Waals surface area contributed by atoms with Gasteiger partial charge in [0.1, 0.15) is 6.61 Å². The van der Waals surface area contributed by atoms with Crippen molar-refractivity contribution in [2.24, 2.45) is 0 Å². The van der Waals surface area contributed by atoms with Crippen molar-refractivity contribution in [3.8, 4) is 0 Å². The minimum absolute atomic E-state index is 1.01. The molecule has 0 bridgehead atoms. The fourth-order valence-corrected chi connectivity index (χ4v) is 0.844. The van der Waals surface area contributed by atoms with E-state index in [-0.39, 0.29) is 0 Å². The van der Waals surface area contributed by atoms with Gasteiger partial charge in [-0.1, -0.05) is 0 Å². The lowest BCUT2D eigenvalue weighted by Gasteiger charge is -2.24. The van der Waals surface area contributed by atoms with E-state index in [2.05, 4.69) is 4.74 Å². The fraction of sp³-hybridized carbons (Fsp3) is 0.500. The standard InChI is InChI=1S/C6H8O7/c7-1-6(11,12)4-2(8)3(9)5(10)13-4/h4,7-9,11-12H,1H2/t4-/m0/s1. The molecule has 13 heavy (non-hydrogen) atoms. The van der Waals surface area contributed by atoms with Gasteiger partial charge in [-0.05, 0) is 0 Å². The Hall–Kier alpha value is -1.31. The molecule has 0 saturated heterocycles. The Kier molecular flexibility index (Phi) is 2.16. The third kappa shape index (κ3) is 1.44. The van der Waals surface area contributed by atoms with E-state index < -0.39 is 36.0 Å². The SMILES string of the molecule is O=C1O[C@H](C(O)(O)CO)C(O)=C1O. The Morgan fingerprint density at radius 1 is 1.38 bits per heavy atom. The summed E-state index contributed by atoms with van der Waals surface area (Å²) in [7, 11) is 0. The van der Waals surface area contributed by atoms with Gasteiger partial charge in [-0.3, -0.25) is 0 Å². The average Bonchev–Trinajstić information content (AvgIpc) is 2.33. The number of cyclic esters (lactones) is 1. The first kappa shape index (κ1) is 9.78. The van der Waals surface area contributed by atoms with E-state index >= 15 is 0 Å². The molecule has 1 rings (SSSR count). The summed E-state index contributed by atoms with van der Waals surface area (Å²) >= 11 is 0. The van der Waals surface area contributed by atoms with Gasteiger partial charge < -0.3 is 30.3 Å². The number of ether oxygens (including phenoxy) is 1. The van der Waals surface area contributed by atoms with Gasteiger partial charge in [0.15, 0.2) is 5.76 Å². The van der Waals surface area contributed by atoms with Crippen molar-refractivity contribution in [2.45, 2.75) is 11.9 Å². The van der Waals surface area contributed by atoms with Gasteiger partial charge in [-0.25, -0.2) is 4.79 Å². The third-order valence-electron chi connectivity index (χ3n) is 1.56. The highest BCUT2D eigenvalue weighted by atomic mass is 16.6. The van der Waals surface area contributed by atoms with Crippen LogP contribution in [-0.4, -0.2) is 50.0 Å². The van der Waals surface area contributed by atoms with E-state index in [4.69, 9.17) is 25.5 Å². The van der Waals surface area contributed by atoms with Crippen molar-refractivity contribution in [1.29, 1.82) is 0 Å². The predicted octanol–water partition coefficient (Wildman–Crippen LogP) is -2.09. The number of aliphatic hydroxyl groups excluding tert-OH is 3. The molecular formula is C6H8O7. The Morgan fingerprint density at radius 2 is 1.92 bits per heavy atom. The van der Waals surface area contributed by atoms with E-state index in [1.54, 1.807) is 0 Å². The number of hydrogen-bond acceptors (Lipinski definition) is 7. The van der Waals surface area contributed by atoms with Gasteiger partial charge in [0.05, 0.1) is 0 Å². The molecule has 74 valence electrons. The maximum Gasteiger partial charge on any atom is 0.378 e. The summed E-state index contributed by atoms with van der Waals surface area (Å²) < 4.78 is 4.17. The number of carbonyl (C=O) groups excluding carboxylic acids is 1. The Morgan fingerprint density at radius 3 is 2.23 bits per heavy atom. The van der Waals surface area contributed by atoms with Gasteiger partial charge >= 0.3 is 5.97 Å². The molecule has 1 aliphatic heterocycles. The van der Waals surface area contributed by atoms with E-state index in [0.29, 0.717) is 0 Å². The van der Waals surface area contributed by atoms with Crippen molar-refractivity contribution >= 4 is 5.97 Å². The summed E-state index contributed by atoms with van der Waals surface area (Å²) in [4.78, 5) is 10.6. The van der Waals surface area contributed by atoms with Crippen molar-refractivity contribution in [3.05, 3.63) is 11.5 Å². The summed E-state index contributed by atoms with van der Waals surface area (Å²) in [5, 5.41) is 44.0. The highest BCUT2D eigenvalue weighted by molar-refractivity contribution is 5.89. The highest BCUT2D eigenvalue weighted by Crippen LogP contribution is 2.25. The summed E-state index contributed by atoms with van der Waals surface area (Å²) in [6.07, 6.45) is -1.86. The van der Waals surface area contributed by atoms with Crippen LogP contribution in [0.15, 0.2) is 11.5 Å². The minimum atomic E-state index is -2.80. The zero-order chi connectivity index (χ0) is 10.2. The summed E-state index contributed by atoms with van der Waals surface area (Å²) in [5.41, 5.74) is 0. The molecule has 7 heteroatoms. The molecule has 0 amide bonds. The minimum Gasteiger partial charge on any atom is -0.505 e. The smallest absolute Gasteiger partial charge is 0.378 e. The molecule has 0 radical (unpaired) electrons. The third-order valence-corrected chi connectivity index (χ3v) is 1.56. The predicted molar refractivity (Wildman–Crippen MR) is 36.4 cm³/mol.